The molecule has 2 N–H and O–H groups in total. The van der Waals surface area contributed by atoms with Gasteiger partial charge in [-0.25, -0.2) is 4.98 Å². The maximum absolute atomic E-state index is 12.3. The molecule has 1 fully saturated rings. The van der Waals surface area contributed by atoms with Gasteiger partial charge in [0.15, 0.2) is 0 Å². The Labute approximate surface area is 152 Å². The molecule has 1 atom stereocenters. The average Bonchev–Trinajstić information content (AvgIpc) is 3.30. The second-order valence-electron chi connectivity index (χ2n) is 6.42. The molecule has 0 bridgehead atoms. The molecule has 0 radical (unpaired) electrons. The predicted octanol–water partition coefficient (Wildman–Crippen LogP) is 1.17. The van der Waals surface area contributed by atoms with Gasteiger partial charge in [0, 0.05) is 44.4 Å². The summed E-state index contributed by atoms with van der Waals surface area (Å²) in [5, 5.41) is 2.91. The summed E-state index contributed by atoms with van der Waals surface area (Å²) in [6.45, 7) is 1.61. The molecular weight excluding hydrogens is 332 g/mol. The van der Waals surface area contributed by atoms with Crippen LogP contribution in [0.4, 0.5) is 0 Å². The van der Waals surface area contributed by atoms with Gasteiger partial charge < -0.3 is 19.9 Å². The Morgan fingerprint density at radius 2 is 2.23 bits per heavy atom. The Morgan fingerprint density at radius 1 is 1.38 bits per heavy atom. The molecule has 7 heteroatoms. The molecule has 3 rings (SSSR count). The average molecular weight is 356 g/mol. The standard InChI is InChI=1S/C19H24N4O3/c1-26-17-5-3-2-4-14(17)7-9-23-12-15(10-18(23)24)19(25)21-8-6-16-11-20-13-22-16/h2-5,11,13,15H,6-10,12H2,1H3,(H,20,22)(H,21,25)/t15-/m0/s1. The lowest BCUT2D eigenvalue weighted by Crippen LogP contribution is -2.34. The number of benzene rings is 1. The molecule has 1 aromatic heterocycles. The quantitative estimate of drug-likeness (QED) is 0.743. The van der Waals surface area contributed by atoms with Gasteiger partial charge in [-0.15, -0.1) is 0 Å². The van der Waals surface area contributed by atoms with Crippen LogP contribution in [0.15, 0.2) is 36.8 Å². The van der Waals surface area contributed by atoms with Gasteiger partial charge in [0.05, 0.1) is 19.4 Å². The number of hydrogen-bond donors (Lipinski definition) is 2. The first kappa shape index (κ1) is 18.0. The van der Waals surface area contributed by atoms with Crippen molar-refractivity contribution in [3.63, 3.8) is 0 Å². The van der Waals surface area contributed by atoms with Gasteiger partial charge >= 0.3 is 0 Å². The summed E-state index contributed by atoms with van der Waals surface area (Å²) >= 11 is 0. The molecule has 2 heterocycles. The van der Waals surface area contributed by atoms with Crippen LogP contribution in [-0.2, 0) is 22.4 Å². The molecule has 0 saturated carbocycles. The van der Waals surface area contributed by atoms with Crippen LogP contribution in [0, 0.1) is 5.92 Å². The van der Waals surface area contributed by atoms with Crippen LogP contribution in [0.2, 0.25) is 0 Å². The Morgan fingerprint density at radius 3 is 3.00 bits per heavy atom. The number of carbonyl (C=O) groups excluding carboxylic acids is 2. The molecular formula is C19H24N4O3. The Balaban J connectivity index is 1.46. The van der Waals surface area contributed by atoms with Crippen molar-refractivity contribution in [1.82, 2.24) is 20.2 Å². The number of rotatable bonds is 8. The van der Waals surface area contributed by atoms with E-state index in [1.807, 2.05) is 24.3 Å². The third-order valence-corrected chi connectivity index (χ3v) is 4.68. The van der Waals surface area contributed by atoms with E-state index in [1.54, 1.807) is 24.5 Å². The van der Waals surface area contributed by atoms with Gasteiger partial charge in [-0.1, -0.05) is 18.2 Å². The third kappa shape index (κ3) is 4.41. The highest BCUT2D eigenvalue weighted by molar-refractivity contribution is 5.89. The number of aromatic amines is 1. The van der Waals surface area contributed by atoms with E-state index in [9.17, 15) is 9.59 Å². The number of aromatic nitrogens is 2. The van der Waals surface area contributed by atoms with Crippen molar-refractivity contribution in [3.8, 4) is 5.75 Å². The van der Waals surface area contributed by atoms with E-state index in [0.717, 1.165) is 17.0 Å². The van der Waals surface area contributed by atoms with Crippen molar-refractivity contribution >= 4 is 11.8 Å². The molecule has 0 aliphatic carbocycles. The molecule has 0 spiro atoms. The minimum Gasteiger partial charge on any atom is -0.496 e. The maximum atomic E-state index is 12.3. The molecule has 1 aliphatic rings. The number of likely N-dealkylation sites (tertiary alicyclic amines) is 1. The van der Waals surface area contributed by atoms with Gasteiger partial charge in [-0.2, -0.15) is 0 Å². The predicted molar refractivity (Wildman–Crippen MR) is 96.7 cm³/mol. The van der Waals surface area contributed by atoms with Crippen LogP contribution in [0.1, 0.15) is 17.7 Å². The number of para-hydroxylation sites is 1. The largest absolute Gasteiger partial charge is 0.496 e. The van der Waals surface area contributed by atoms with Crippen LogP contribution in [-0.4, -0.2) is 53.4 Å². The highest BCUT2D eigenvalue weighted by Gasteiger charge is 2.33. The van der Waals surface area contributed by atoms with Crippen LogP contribution < -0.4 is 10.1 Å². The van der Waals surface area contributed by atoms with E-state index in [4.69, 9.17) is 4.74 Å². The molecule has 0 unspecified atom stereocenters. The fourth-order valence-electron chi connectivity index (χ4n) is 3.21. The summed E-state index contributed by atoms with van der Waals surface area (Å²) < 4.78 is 5.35. The molecule has 2 amide bonds. The van der Waals surface area contributed by atoms with Crippen LogP contribution >= 0.6 is 0 Å². The van der Waals surface area contributed by atoms with Crippen molar-refractivity contribution in [2.75, 3.05) is 26.7 Å². The summed E-state index contributed by atoms with van der Waals surface area (Å²) in [7, 11) is 1.64. The summed E-state index contributed by atoms with van der Waals surface area (Å²) in [6.07, 6.45) is 5.05. The van der Waals surface area contributed by atoms with E-state index in [-0.39, 0.29) is 24.2 Å². The molecule has 1 aliphatic heterocycles. The lowest BCUT2D eigenvalue weighted by molar-refractivity contribution is -0.129. The molecule has 1 saturated heterocycles. The molecule has 138 valence electrons. The number of nitrogens with one attached hydrogen (secondary N) is 2. The minimum atomic E-state index is -0.276. The van der Waals surface area contributed by atoms with E-state index in [1.165, 1.54) is 0 Å². The van der Waals surface area contributed by atoms with E-state index >= 15 is 0 Å². The number of carbonyl (C=O) groups is 2. The van der Waals surface area contributed by atoms with E-state index < -0.39 is 0 Å². The summed E-state index contributed by atoms with van der Waals surface area (Å²) in [4.78, 5) is 33.2. The Kier molecular flexibility index (Phi) is 5.88. The molecule has 26 heavy (non-hydrogen) atoms. The lowest BCUT2D eigenvalue weighted by Gasteiger charge is -2.17. The number of amides is 2. The van der Waals surface area contributed by atoms with Crippen molar-refractivity contribution in [1.29, 1.82) is 0 Å². The van der Waals surface area contributed by atoms with Gasteiger partial charge in [-0.05, 0) is 18.1 Å². The van der Waals surface area contributed by atoms with Crippen LogP contribution in [0.3, 0.4) is 0 Å². The Bertz CT molecular complexity index is 745. The fraction of sp³-hybridized carbons (Fsp3) is 0.421. The zero-order chi connectivity index (χ0) is 18.4. The zero-order valence-corrected chi connectivity index (χ0v) is 14.9. The number of hydrogen-bond acceptors (Lipinski definition) is 4. The topological polar surface area (TPSA) is 87.3 Å². The van der Waals surface area contributed by atoms with Crippen molar-refractivity contribution in [2.24, 2.45) is 5.92 Å². The highest BCUT2D eigenvalue weighted by Crippen LogP contribution is 2.21. The van der Waals surface area contributed by atoms with Gasteiger partial charge in [0.25, 0.3) is 0 Å². The number of ether oxygens (including phenoxy) is 1. The smallest absolute Gasteiger partial charge is 0.225 e. The van der Waals surface area contributed by atoms with Crippen molar-refractivity contribution in [2.45, 2.75) is 19.3 Å². The summed E-state index contributed by atoms with van der Waals surface area (Å²) in [5.41, 5.74) is 2.04. The second-order valence-corrected chi connectivity index (χ2v) is 6.42. The number of nitrogens with zero attached hydrogens (tertiary/aromatic N) is 2. The van der Waals surface area contributed by atoms with E-state index in [0.29, 0.717) is 32.5 Å². The number of imidazole rings is 1. The summed E-state index contributed by atoms with van der Waals surface area (Å²) in [5.74, 6) is 0.528. The normalized spacial score (nSPS) is 16.7. The fourth-order valence-corrected chi connectivity index (χ4v) is 3.21. The monoisotopic (exact) mass is 356 g/mol. The SMILES string of the molecule is COc1ccccc1CCN1C[C@@H](C(=O)NCCc2cnc[nH]2)CC1=O. The maximum Gasteiger partial charge on any atom is 0.225 e. The van der Waals surface area contributed by atoms with Gasteiger partial charge in [0.2, 0.25) is 11.8 Å². The van der Waals surface area contributed by atoms with Gasteiger partial charge in [0.1, 0.15) is 5.75 Å². The molecule has 1 aromatic carbocycles. The lowest BCUT2D eigenvalue weighted by atomic mass is 10.1. The molecule has 7 nitrogen and oxygen atoms in total. The number of H-pyrrole nitrogens is 1. The summed E-state index contributed by atoms with van der Waals surface area (Å²) in [6, 6.07) is 7.79. The van der Waals surface area contributed by atoms with Crippen molar-refractivity contribution < 1.29 is 14.3 Å². The van der Waals surface area contributed by atoms with E-state index in [2.05, 4.69) is 15.3 Å². The molecule has 2 aromatic rings. The number of methoxy groups -OCH3 is 1. The second kappa shape index (κ2) is 8.51. The Hall–Kier alpha value is -2.83. The zero-order valence-electron chi connectivity index (χ0n) is 14.9. The minimum absolute atomic E-state index is 0.0358. The highest BCUT2D eigenvalue weighted by atomic mass is 16.5. The first-order valence-electron chi connectivity index (χ1n) is 8.82. The van der Waals surface area contributed by atoms with Crippen LogP contribution in [0.5, 0.6) is 5.75 Å². The first-order chi connectivity index (χ1) is 12.7. The first-order valence-corrected chi connectivity index (χ1v) is 8.82. The van der Waals surface area contributed by atoms with Crippen LogP contribution in [0.25, 0.3) is 0 Å². The van der Waals surface area contributed by atoms with Crippen molar-refractivity contribution in [3.05, 3.63) is 48.0 Å². The van der Waals surface area contributed by atoms with Gasteiger partial charge in [-0.3, -0.25) is 9.59 Å². The third-order valence-electron chi connectivity index (χ3n) is 4.68.